The Bertz CT molecular complexity index is 481. The smallest absolute Gasteiger partial charge is 0.404 e. The van der Waals surface area contributed by atoms with Crippen molar-refractivity contribution in [3.05, 3.63) is 22.7 Å². The van der Waals surface area contributed by atoms with E-state index in [-0.39, 0.29) is 17.7 Å². The van der Waals surface area contributed by atoms with Gasteiger partial charge in [0.25, 0.3) is 0 Å². The quantitative estimate of drug-likeness (QED) is 0.884. The number of nitrogens with two attached hydrogens (primary N) is 1. The average Bonchev–Trinajstić information content (AvgIpc) is 2.31. The van der Waals surface area contributed by atoms with E-state index in [9.17, 15) is 13.2 Å². The molecular weight excluding hydrogens is 337 g/mol. The Hall–Kier alpha value is -0.950. The van der Waals surface area contributed by atoms with Gasteiger partial charge < -0.3 is 15.4 Å². The number of hydrogen-bond acceptors (Lipinski definition) is 3. The summed E-state index contributed by atoms with van der Waals surface area (Å²) < 4.78 is 42.1. The highest BCUT2D eigenvalue weighted by atomic mass is 79.9. The van der Waals surface area contributed by atoms with Crippen molar-refractivity contribution >= 4 is 21.6 Å². The molecule has 3 nitrogen and oxygen atoms in total. The third kappa shape index (κ3) is 3.79. The molecule has 112 valence electrons. The van der Waals surface area contributed by atoms with Crippen molar-refractivity contribution in [1.29, 1.82) is 0 Å². The molecule has 0 aliphatic carbocycles. The molecule has 2 unspecified atom stereocenters. The van der Waals surface area contributed by atoms with Crippen LogP contribution in [0.3, 0.4) is 0 Å². The van der Waals surface area contributed by atoms with Crippen molar-refractivity contribution in [3.8, 4) is 5.75 Å². The predicted molar refractivity (Wildman–Crippen MR) is 74.8 cm³/mol. The van der Waals surface area contributed by atoms with E-state index in [0.717, 1.165) is 6.42 Å². The third-order valence-corrected chi connectivity index (χ3v) is 3.95. The summed E-state index contributed by atoms with van der Waals surface area (Å²) in [6, 6.07) is 4.77. The van der Waals surface area contributed by atoms with Crippen LogP contribution in [0.2, 0.25) is 0 Å². The number of halogens is 4. The van der Waals surface area contributed by atoms with Gasteiger partial charge in [-0.05, 0) is 30.5 Å². The minimum Gasteiger partial charge on any atom is -0.404 e. The summed E-state index contributed by atoms with van der Waals surface area (Å²) in [7, 11) is 0. The number of alkyl halides is 3. The first-order chi connectivity index (χ1) is 9.26. The predicted octanol–water partition coefficient (Wildman–Crippen LogP) is 3.52. The molecule has 1 saturated heterocycles. The maximum absolute atomic E-state index is 12.5. The molecule has 7 heteroatoms. The second-order valence-electron chi connectivity index (χ2n) is 5.04. The van der Waals surface area contributed by atoms with Gasteiger partial charge in [-0.2, -0.15) is 0 Å². The van der Waals surface area contributed by atoms with Crippen molar-refractivity contribution in [1.82, 2.24) is 0 Å². The van der Waals surface area contributed by atoms with Crippen LogP contribution in [-0.4, -0.2) is 25.5 Å². The van der Waals surface area contributed by atoms with E-state index in [1.54, 1.807) is 12.1 Å². The van der Waals surface area contributed by atoms with Crippen LogP contribution in [0.25, 0.3) is 0 Å². The van der Waals surface area contributed by atoms with Crippen molar-refractivity contribution in [3.63, 3.8) is 0 Å². The molecule has 20 heavy (non-hydrogen) atoms. The Balaban J connectivity index is 2.27. The van der Waals surface area contributed by atoms with Gasteiger partial charge in [0, 0.05) is 23.6 Å². The van der Waals surface area contributed by atoms with Crippen LogP contribution in [0.5, 0.6) is 5.75 Å². The highest BCUT2D eigenvalue weighted by Gasteiger charge is 2.33. The van der Waals surface area contributed by atoms with Crippen LogP contribution in [0, 0.1) is 5.92 Å². The summed E-state index contributed by atoms with van der Waals surface area (Å²) in [5, 5.41) is 0. The zero-order valence-corrected chi connectivity index (χ0v) is 12.5. The lowest BCUT2D eigenvalue weighted by Gasteiger charge is -2.37. The minimum absolute atomic E-state index is 0.0914. The number of benzene rings is 1. The van der Waals surface area contributed by atoms with Crippen LogP contribution in [0.15, 0.2) is 22.7 Å². The van der Waals surface area contributed by atoms with Gasteiger partial charge in [0.2, 0.25) is 0 Å². The molecule has 0 amide bonds. The van der Waals surface area contributed by atoms with Gasteiger partial charge in [-0.3, -0.25) is 0 Å². The second kappa shape index (κ2) is 5.81. The first kappa shape index (κ1) is 15.4. The Kier molecular flexibility index (Phi) is 4.49. The summed E-state index contributed by atoms with van der Waals surface area (Å²) in [5.41, 5.74) is 6.39. The molecule has 1 aliphatic heterocycles. The Labute approximate surface area is 124 Å². The molecule has 1 aromatic rings. The van der Waals surface area contributed by atoms with E-state index < -0.39 is 6.36 Å². The topological polar surface area (TPSA) is 38.5 Å². The fraction of sp³-hybridized carbons (Fsp3) is 0.538. The second-order valence-corrected chi connectivity index (χ2v) is 5.95. The van der Waals surface area contributed by atoms with E-state index in [1.165, 1.54) is 6.07 Å². The number of piperidine rings is 1. The molecule has 2 rings (SSSR count). The summed E-state index contributed by atoms with van der Waals surface area (Å²) in [4.78, 5) is 1.89. The van der Waals surface area contributed by atoms with Crippen molar-refractivity contribution in [2.75, 3.05) is 18.0 Å². The highest BCUT2D eigenvalue weighted by Crippen LogP contribution is 2.36. The molecule has 1 fully saturated rings. The van der Waals surface area contributed by atoms with Crippen LogP contribution < -0.4 is 15.4 Å². The number of hydrogen-bond donors (Lipinski definition) is 1. The lowest BCUT2D eigenvalue weighted by molar-refractivity contribution is -0.274. The Morgan fingerprint density at radius 3 is 2.70 bits per heavy atom. The number of ether oxygens (including phenoxy) is 1. The molecule has 2 N–H and O–H groups in total. The largest absolute Gasteiger partial charge is 0.573 e. The standard InChI is InChI=1S/C13H16BrF3N2O/c1-8-7-19(5-4-10(8)18)11-3-2-9(14)6-12(11)20-13(15,16)17/h2-3,6,8,10H,4-5,7,18H2,1H3. The number of rotatable bonds is 2. The highest BCUT2D eigenvalue weighted by molar-refractivity contribution is 9.10. The monoisotopic (exact) mass is 352 g/mol. The molecule has 1 aliphatic rings. The minimum atomic E-state index is -4.70. The van der Waals surface area contributed by atoms with E-state index in [4.69, 9.17) is 5.73 Å². The van der Waals surface area contributed by atoms with Crippen molar-refractivity contribution in [2.24, 2.45) is 11.7 Å². The fourth-order valence-electron chi connectivity index (χ4n) is 2.34. The van der Waals surface area contributed by atoms with E-state index in [1.807, 2.05) is 11.8 Å². The maximum atomic E-state index is 12.5. The molecular formula is C13H16BrF3N2O. The fourth-order valence-corrected chi connectivity index (χ4v) is 2.68. The molecule has 0 spiro atoms. The number of anilines is 1. The lowest BCUT2D eigenvalue weighted by atomic mass is 9.94. The summed E-state index contributed by atoms with van der Waals surface area (Å²) in [5.74, 6) is 0.0423. The van der Waals surface area contributed by atoms with Gasteiger partial charge in [0.05, 0.1) is 5.69 Å². The molecule has 1 heterocycles. The molecule has 0 bridgehead atoms. The van der Waals surface area contributed by atoms with Gasteiger partial charge in [0.15, 0.2) is 5.75 Å². The van der Waals surface area contributed by atoms with Gasteiger partial charge >= 0.3 is 6.36 Å². The first-order valence-electron chi connectivity index (χ1n) is 6.32. The Morgan fingerprint density at radius 2 is 2.10 bits per heavy atom. The van der Waals surface area contributed by atoms with Gasteiger partial charge in [-0.1, -0.05) is 22.9 Å². The van der Waals surface area contributed by atoms with Crippen molar-refractivity contribution < 1.29 is 17.9 Å². The van der Waals surface area contributed by atoms with E-state index in [0.29, 0.717) is 23.2 Å². The van der Waals surface area contributed by atoms with Crippen molar-refractivity contribution in [2.45, 2.75) is 25.7 Å². The summed E-state index contributed by atoms with van der Waals surface area (Å²) in [6.45, 7) is 3.25. The van der Waals surface area contributed by atoms with Crippen LogP contribution in [-0.2, 0) is 0 Å². The average molecular weight is 353 g/mol. The zero-order chi connectivity index (χ0) is 14.9. The van der Waals surface area contributed by atoms with Crippen LogP contribution >= 0.6 is 15.9 Å². The van der Waals surface area contributed by atoms with Gasteiger partial charge in [0.1, 0.15) is 0 Å². The van der Waals surface area contributed by atoms with E-state index in [2.05, 4.69) is 20.7 Å². The molecule has 0 aromatic heterocycles. The van der Waals surface area contributed by atoms with Crippen LogP contribution in [0.1, 0.15) is 13.3 Å². The Morgan fingerprint density at radius 1 is 1.40 bits per heavy atom. The van der Waals surface area contributed by atoms with Crippen LogP contribution in [0.4, 0.5) is 18.9 Å². The van der Waals surface area contributed by atoms with Gasteiger partial charge in [-0.25, -0.2) is 0 Å². The summed E-state index contributed by atoms with van der Waals surface area (Å²) >= 11 is 3.16. The normalized spacial score (nSPS) is 23.8. The molecule has 0 saturated carbocycles. The van der Waals surface area contributed by atoms with Gasteiger partial charge in [-0.15, -0.1) is 13.2 Å². The third-order valence-electron chi connectivity index (χ3n) is 3.46. The SMILES string of the molecule is CC1CN(c2ccc(Br)cc2OC(F)(F)F)CCC1N. The molecule has 1 aromatic carbocycles. The summed E-state index contributed by atoms with van der Waals surface area (Å²) in [6.07, 6.45) is -3.95. The zero-order valence-electron chi connectivity index (χ0n) is 11.0. The van der Waals surface area contributed by atoms with E-state index >= 15 is 0 Å². The lowest BCUT2D eigenvalue weighted by Crippen LogP contribution is -2.46. The molecule has 2 atom stereocenters. The first-order valence-corrected chi connectivity index (χ1v) is 7.11. The maximum Gasteiger partial charge on any atom is 0.573 e. The molecule has 0 radical (unpaired) electrons. The number of nitrogens with zero attached hydrogens (tertiary/aromatic N) is 1.